The quantitative estimate of drug-likeness (QED) is 0.0752. The molecule has 0 unspecified atom stereocenters. The molecule has 3 amide bonds. The third-order valence-electron chi connectivity index (χ3n) is 10.1. The number of benzene rings is 1. The number of nitrogen functional groups attached to an aromatic ring is 1. The fraction of sp³-hybridized carbons (Fsp3) is 0.350. The summed E-state index contributed by atoms with van der Waals surface area (Å²) in [6.45, 7) is 1.52. The molecular formula is C40H44ClF3N11O5+. The first-order valence-electron chi connectivity index (χ1n) is 19.1. The van der Waals surface area contributed by atoms with E-state index in [0.29, 0.717) is 64.0 Å². The van der Waals surface area contributed by atoms with Crippen LogP contribution in [0.1, 0.15) is 63.6 Å². The number of carbonyl (C=O) groups is 4. The lowest BCUT2D eigenvalue weighted by Gasteiger charge is -2.31. The molecule has 0 radical (unpaired) electrons. The number of halogens is 4. The van der Waals surface area contributed by atoms with Gasteiger partial charge in [0.05, 0.1) is 39.9 Å². The topological polar surface area (TPSA) is 220 Å². The van der Waals surface area contributed by atoms with Crippen LogP contribution >= 0.6 is 11.6 Å². The number of hydrogen-bond donors (Lipinski definition) is 5. The monoisotopic (exact) mass is 850 g/mol. The Morgan fingerprint density at radius 2 is 1.78 bits per heavy atom. The van der Waals surface area contributed by atoms with E-state index >= 15 is 0 Å². The first kappa shape index (κ1) is 43.2. The van der Waals surface area contributed by atoms with E-state index in [2.05, 4.69) is 25.7 Å². The highest BCUT2D eigenvalue weighted by Crippen LogP contribution is 2.37. The number of carbonyl (C=O) groups excluding carboxylic acids is 3. The number of pyridine rings is 2. The number of nitrogens with zero attached hydrogens (tertiary/aromatic N) is 7. The number of alkyl halides is 3. The van der Waals surface area contributed by atoms with Crippen molar-refractivity contribution < 1.29 is 42.0 Å². The lowest BCUT2D eigenvalue weighted by molar-refractivity contribution is -0.693. The number of carboxylic acid groups (broad SMARTS) is 1. The number of aliphatic carboxylic acids is 1. The molecular weight excluding hydrogens is 807 g/mol. The number of aryl methyl sites for hydroxylation is 2. The Balaban J connectivity index is 1.01. The predicted molar refractivity (Wildman–Crippen MR) is 214 cm³/mol. The maximum atomic E-state index is 14.1. The summed E-state index contributed by atoms with van der Waals surface area (Å²) in [6, 6.07) is 11.1. The van der Waals surface area contributed by atoms with Gasteiger partial charge in [0.15, 0.2) is 29.2 Å². The molecule has 0 saturated carbocycles. The van der Waals surface area contributed by atoms with Crippen molar-refractivity contribution >= 4 is 46.7 Å². The number of nitrogens with one attached hydrogen (secondary N) is 2. The molecule has 0 bridgehead atoms. The van der Waals surface area contributed by atoms with Crippen molar-refractivity contribution in [1.82, 2.24) is 34.5 Å². The SMILES string of the molecule is Cn1c(-c2cn(-c3ccc(N)cn3)nc2C(F)(F)F)cnc1C(=O)Nc1ccc(C(=O)N2CCC(C(=O)NCCCc3cc[n+](CC(=O)O)c(CCCN)c3)CC2)c(Cl)c1. The first-order chi connectivity index (χ1) is 28.6. The number of carboxylic acids is 1. The number of hydrogen-bond acceptors (Lipinski definition) is 9. The largest absolute Gasteiger partial charge is 0.477 e. The van der Waals surface area contributed by atoms with Crippen molar-refractivity contribution in [2.45, 2.75) is 51.2 Å². The standard InChI is InChI=1S/C40H43ClF3N11O5/c1-52-32(30-22-55(51-35(30)40(42,43)44)33-9-6-26(46)20-48-33)21-49-36(52)38(59)50-27-7-8-29(31(41)19-27)39(60)53-16-11-25(12-17-53)37(58)47-14-3-4-24-10-15-54(23-34(56)57)28(18-24)5-2-13-45/h6-10,15,18-22,25H,2-5,11-14,16-17,23,45-46H2,1H3,(H2-,47,50,56,57,58,59,60)/p+1. The molecule has 1 saturated heterocycles. The molecule has 20 heteroatoms. The summed E-state index contributed by atoms with van der Waals surface area (Å²) >= 11 is 6.52. The molecule has 0 atom stereocenters. The summed E-state index contributed by atoms with van der Waals surface area (Å²) in [5.41, 5.74) is 12.4. The Morgan fingerprint density at radius 3 is 2.45 bits per heavy atom. The van der Waals surface area contributed by atoms with Crippen molar-refractivity contribution in [3.8, 4) is 17.1 Å². The van der Waals surface area contributed by atoms with E-state index in [4.69, 9.17) is 23.1 Å². The molecule has 5 aromatic rings. The van der Waals surface area contributed by atoms with Crippen LogP contribution in [-0.2, 0) is 42.2 Å². The average molecular weight is 851 g/mol. The van der Waals surface area contributed by atoms with Crippen molar-refractivity contribution in [1.29, 1.82) is 0 Å². The Morgan fingerprint density at radius 1 is 1.02 bits per heavy atom. The van der Waals surface area contributed by atoms with E-state index < -0.39 is 23.7 Å². The Kier molecular flexibility index (Phi) is 13.5. The molecule has 316 valence electrons. The number of nitrogens with two attached hydrogens (primary N) is 2. The molecule has 1 aromatic carbocycles. The van der Waals surface area contributed by atoms with Crippen molar-refractivity contribution in [3.63, 3.8) is 0 Å². The molecule has 1 fully saturated rings. The second kappa shape index (κ2) is 18.7. The van der Waals surface area contributed by atoms with Gasteiger partial charge in [0, 0.05) is 63.0 Å². The van der Waals surface area contributed by atoms with Crippen LogP contribution in [0.3, 0.4) is 0 Å². The molecule has 5 heterocycles. The zero-order chi connectivity index (χ0) is 43.1. The number of likely N-dealkylation sites (tertiary alicyclic amines) is 1. The minimum absolute atomic E-state index is 0.0275. The fourth-order valence-electron chi connectivity index (χ4n) is 6.99. The predicted octanol–water partition coefficient (Wildman–Crippen LogP) is 4.04. The molecule has 0 aliphatic carbocycles. The van der Waals surface area contributed by atoms with E-state index in [1.54, 1.807) is 15.7 Å². The number of imidazole rings is 1. The second-order valence-corrected chi connectivity index (χ2v) is 14.8. The lowest BCUT2D eigenvalue weighted by atomic mass is 9.95. The van der Waals surface area contributed by atoms with Gasteiger partial charge >= 0.3 is 12.1 Å². The summed E-state index contributed by atoms with van der Waals surface area (Å²) in [7, 11) is 1.39. The number of anilines is 2. The highest BCUT2D eigenvalue weighted by Gasteiger charge is 2.39. The van der Waals surface area contributed by atoms with Crippen LogP contribution in [0.2, 0.25) is 5.02 Å². The molecule has 7 N–H and O–H groups in total. The van der Waals surface area contributed by atoms with Crippen LogP contribution in [-0.4, -0.2) is 84.2 Å². The van der Waals surface area contributed by atoms with E-state index in [0.717, 1.165) is 34.8 Å². The van der Waals surface area contributed by atoms with Gasteiger partial charge in [0.1, 0.15) is 0 Å². The van der Waals surface area contributed by atoms with E-state index in [1.807, 2.05) is 12.1 Å². The number of amides is 3. The molecule has 6 rings (SSSR count). The highest BCUT2D eigenvalue weighted by molar-refractivity contribution is 6.34. The zero-order valence-corrected chi connectivity index (χ0v) is 33.3. The number of rotatable bonds is 15. The minimum Gasteiger partial charge on any atom is -0.477 e. The van der Waals surface area contributed by atoms with Gasteiger partial charge < -0.3 is 36.7 Å². The van der Waals surface area contributed by atoms with Crippen LogP contribution in [0.4, 0.5) is 24.5 Å². The van der Waals surface area contributed by atoms with Crippen LogP contribution in [0.25, 0.3) is 17.1 Å². The van der Waals surface area contributed by atoms with Crippen LogP contribution in [0, 0.1) is 5.92 Å². The van der Waals surface area contributed by atoms with Crippen molar-refractivity contribution in [2.75, 3.05) is 37.2 Å². The third-order valence-corrected chi connectivity index (χ3v) is 10.5. The second-order valence-electron chi connectivity index (χ2n) is 14.4. The maximum Gasteiger partial charge on any atom is 0.435 e. The van der Waals surface area contributed by atoms with Gasteiger partial charge in [-0.15, -0.1) is 0 Å². The smallest absolute Gasteiger partial charge is 0.435 e. The van der Waals surface area contributed by atoms with E-state index in [-0.39, 0.29) is 63.5 Å². The van der Waals surface area contributed by atoms with Crippen molar-refractivity contribution in [3.05, 3.63) is 101 Å². The van der Waals surface area contributed by atoms with Crippen LogP contribution in [0.15, 0.2) is 67.3 Å². The van der Waals surface area contributed by atoms with Gasteiger partial charge in [-0.05, 0) is 74.5 Å². The average Bonchev–Trinajstić information content (AvgIpc) is 3.83. The lowest BCUT2D eigenvalue weighted by Crippen LogP contribution is -2.43. The van der Waals surface area contributed by atoms with E-state index in [1.165, 1.54) is 48.1 Å². The van der Waals surface area contributed by atoms with Crippen molar-refractivity contribution in [2.24, 2.45) is 18.7 Å². The fourth-order valence-corrected chi connectivity index (χ4v) is 7.25. The summed E-state index contributed by atoms with van der Waals surface area (Å²) in [5, 5.41) is 18.6. The molecule has 1 aliphatic heterocycles. The maximum absolute atomic E-state index is 14.1. The van der Waals surface area contributed by atoms with E-state index in [9.17, 15) is 37.5 Å². The summed E-state index contributed by atoms with van der Waals surface area (Å²) < 4.78 is 46.1. The highest BCUT2D eigenvalue weighted by atomic mass is 35.5. The zero-order valence-electron chi connectivity index (χ0n) is 32.6. The molecule has 1 aliphatic rings. The summed E-state index contributed by atoms with van der Waals surface area (Å²) in [5.74, 6) is -2.43. The molecule has 0 spiro atoms. The summed E-state index contributed by atoms with van der Waals surface area (Å²) in [6.07, 6.45) is 4.24. The molecule has 60 heavy (non-hydrogen) atoms. The summed E-state index contributed by atoms with van der Waals surface area (Å²) in [4.78, 5) is 60.7. The third kappa shape index (κ3) is 10.3. The first-order valence-corrected chi connectivity index (χ1v) is 19.5. The van der Waals surface area contributed by atoms with Gasteiger partial charge in [-0.3, -0.25) is 14.4 Å². The Bertz CT molecular complexity index is 2380. The van der Waals surface area contributed by atoms with Gasteiger partial charge in [0.25, 0.3) is 11.8 Å². The van der Waals surface area contributed by atoms with Gasteiger partial charge in [-0.1, -0.05) is 11.6 Å². The minimum atomic E-state index is -4.83. The van der Waals surface area contributed by atoms with Crippen LogP contribution < -0.4 is 26.7 Å². The Hall–Kier alpha value is -6.34. The number of aromatic nitrogens is 6. The number of piperidine rings is 1. The van der Waals surface area contributed by atoms with Gasteiger partial charge in [-0.25, -0.2) is 19.4 Å². The van der Waals surface area contributed by atoms with Gasteiger partial charge in [0.2, 0.25) is 12.5 Å². The van der Waals surface area contributed by atoms with Gasteiger partial charge in [-0.2, -0.15) is 22.8 Å². The molecule has 4 aromatic heterocycles. The Labute approximate surface area is 347 Å². The molecule has 16 nitrogen and oxygen atoms in total. The normalized spacial score (nSPS) is 13.3. The van der Waals surface area contributed by atoms with Crippen LogP contribution in [0.5, 0.6) is 0 Å².